The highest BCUT2D eigenvalue weighted by molar-refractivity contribution is 7.10. The summed E-state index contributed by atoms with van der Waals surface area (Å²) in [6.45, 7) is 13.6. The maximum absolute atomic E-state index is 5.95. The lowest BCUT2D eigenvalue weighted by Gasteiger charge is -2.39. The summed E-state index contributed by atoms with van der Waals surface area (Å²) >= 11 is 1.85. The van der Waals surface area contributed by atoms with Crippen LogP contribution in [-0.4, -0.2) is 18.8 Å². The quantitative estimate of drug-likeness (QED) is 0.585. The van der Waals surface area contributed by atoms with Crippen LogP contribution in [0.15, 0.2) is 17.5 Å². The summed E-state index contributed by atoms with van der Waals surface area (Å²) in [6, 6.07) is 4.86. The van der Waals surface area contributed by atoms with Gasteiger partial charge in [-0.05, 0) is 82.2 Å². The predicted octanol–water partition coefficient (Wildman–Crippen LogP) is 6.05. The van der Waals surface area contributed by atoms with E-state index in [0.717, 1.165) is 30.9 Å². The number of hydrogen-bond donors (Lipinski definition) is 1. The summed E-state index contributed by atoms with van der Waals surface area (Å²) in [6.07, 6.45) is 6.47. The van der Waals surface area contributed by atoms with E-state index in [0.29, 0.717) is 6.04 Å². The second-order valence-corrected chi connectivity index (χ2v) is 9.55. The van der Waals surface area contributed by atoms with Crippen molar-refractivity contribution in [3.8, 4) is 0 Å². The minimum atomic E-state index is 0.0662. The van der Waals surface area contributed by atoms with E-state index in [1.165, 1.54) is 37.0 Å². The van der Waals surface area contributed by atoms with Crippen molar-refractivity contribution in [2.24, 2.45) is 17.8 Å². The lowest BCUT2D eigenvalue weighted by atomic mass is 9.75. The molecule has 2 heterocycles. The SMILES string of the molecule is CC(C)CC[C@@H](CCN[C@@H](C)c1cccs1)[C@@H]1CCOC(C)(C)C1. The molecule has 0 radical (unpaired) electrons. The van der Waals surface area contributed by atoms with Gasteiger partial charge in [-0.2, -0.15) is 0 Å². The molecule has 0 aromatic carbocycles. The lowest BCUT2D eigenvalue weighted by Crippen LogP contribution is -2.37. The van der Waals surface area contributed by atoms with Crippen molar-refractivity contribution in [2.75, 3.05) is 13.2 Å². The highest BCUT2D eigenvalue weighted by atomic mass is 32.1. The molecule has 0 saturated carbocycles. The second kappa shape index (κ2) is 9.35. The van der Waals surface area contributed by atoms with Gasteiger partial charge in [0.2, 0.25) is 0 Å². The maximum Gasteiger partial charge on any atom is 0.0629 e. The molecule has 138 valence electrons. The molecule has 1 aromatic rings. The first-order chi connectivity index (χ1) is 11.4. The number of hydrogen-bond acceptors (Lipinski definition) is 3. The molecule has 2 nitrogen and oxygen atoms in total. The fourth-order valence-electron chi connectivity index (χ4n) is 3.97. The fraction of sp³-hybridized carbons (Fsp3) is 0.810. The van der Waals surface area contributed by atoms with Gasteiger partial charge in [-0.1, -0.05) is 26.3 Å². The van der Waals surface area contributed by atoms with Gasteiger partial charge in [-0.25, -0.2) is 0 Å². The molecule has 0 amide bonds. The molecule has 3 heteroatoms. The smallest absolute Gasteiger partial charge is 0.0629 e. The van der Waals surface area contributed by atoms with Gasteiger partial charge in [0, 0.05) is 17.5 Å². The summed E-state index contributed by atoms with van der Waals surface area (Å²) < 4.78 is 5.95. The first-order valence-corrected chi connectivity index (χ1v) is 10.7. The Labute approximate surface area is 153 Å². The molecule has 1 aromatic heterocycles. The number of nitrogens with one attached hydrogen (secondary N) is 1. The number of rotatable bonds is 9. The van der Waals surface area contributed by atoms with E-state index in [2.05, 4.69) is 57.4 Å². The van der Waals surface area contributed by atoms with Gasteiger partial charge in [-0.3, -0.25) is 0 Å². The zero-order valence-corrected chi connectivity index (χ0v) is 17.1. The topological polar surface area (TPSA) is 21.3 Å². The molecule has 1 aliphatic heterocycles. The monoisotopic (exact) mass is 351 g/mol. The van der Waals surface area contributed by atoms with Gasteiger partial charge < -0.3 is 10.1 Å². The van der Waals surface area contributed by atoms with Gasteiger partial charge in [0.1, 0.15) is 0 Å². The molecule has 2 rings (SSSR count). The van der Waals surface area contributed by atoms with Gasteiger partial charge in [0.15, 0.2) is 0 Å². The molecular weight excluding hydrogens is 314 g/mol. The van der Waals surface area contributed by atoms with Crippen molar-refractivity contribution in [3.63, 3.8) is 0 Å². The van der Waals surface area contributed by atoms with Crippen LogP contribution in [0.3, 0.4) is 0 Å². The van der Waals surface area contributed by atoms with Crippen LogP contribution in [-0.2, 0) is 4.74 Å². The maximum atomic E-state index is 5.95. The Hall–Kier alpha value is -0.380. The summed E-state index contributed by atoms with van der Waals surface area (Å²) in [5.41, 5.74) is 0.0662. The molecule has 3 atom stereocenters. The molecule has 1 N–H and O–H groups in total. The van der Waals surface area contributed by atoms with Crippen molar-refractivity contribution in [1.29, 1.82) is 0 Å². The third kappa shape index (κ3) is 6.50. The van der Waals surface area contributed by atoms with E-state index in [9.17, 15) is 0 Å². The van der Waals surface area contributed by atoms with Crippen LogP contribution in [0.25, 0.3) is 0 Å². The summed E-state index contributed by atoms with van der Waals surface area (Å²) in [4.78, 5) is 1.45. The van der Waals surface area contributed by atoms with Gasteiger partial charge in [0.05, 0.1) is 5.60 Å². The van der Waals surface area contributed by atoms with Crippen LogP contribution in [0.4, 0.5) is 0 Å². The zero-order valence-electron chi connectivity index (χ0n) is 16.3. The molecule has 0 unspecified atom stereocenters. The van der Waals surface area contributed by atoms with Crippen molar-refractivity contribution >= 4 is 11.3 Å². The van der Waals surface area contributed by atoms with Gasteiger partial charge in [-0.15, -0.1) is 11.3 Å². The Morgan fingerprint density at radius 2 is 2.04 bits per heavy atom. The standard InChI is InChI=1S/C21H37NOS/c1-16(2)8-9-18(19-11-13-23-21(4,5)15-19)10-12-22-17(3)20-7-6-14-24-20/h6-7,14,16-19,22H,8-13,15H2,1-5H3/t17-,18-,19+/m0/s1. The average Bonchev–Trinajstić information content (AvgIpc) is 3.03. The first kappa shape index (κ1) is 19.9. The van der Waals surface area contributed by atoms with Crippen LogP contribution in [0.2, 0.25) is 0 Å². The Morgan fingerprint density at radius 1 is 1.25 bits per heavy atom. The molecule has 24 heavy (non-hydrogen) atoms. The van der Waals surface area contributed by atoms with Crippen molar-refractivity contribution in [3.05, 3.63) is 22.4 Å². The second-order valence-electron chi connectivity index (χ2n) is 8.57. The largest absolute Gasteiger partial charge is 0.376 e. The van der Waals surface area contributed by atoms with Gasteiger partial charge >= 0.3 is 0 Å². The van der Waals surface area contributed by atoms with E-state index < -0.39 is 0 Å². The van der Waals surface area contributed by atoms with E-state index in [-0.39, 0.29) is 5.60 Å². The summed E-state index contributed by atoms with van der Waals surface area (Å²) in [7, 11) is 0. The minimum absolute atomic E-state index is 0.0662. The summed E-state index contributed by atoms with van der Waals surface area (Å²) in [5.74, 6) is 2.46. The van der Waals surface area contributed by atoms with Crippen LogP contribution < -0.4 is 5.32 Å². The Morgan fingerprint density at radius 3 is 2.67 bits per heavy atom. The van der Waals surface area contributed by atoms with E-state index in [1.54, 1.807) is 0 Å². The van der Waals surface area contributed by atoms with E-state index in [1.807, 2.05) is 11.3 Å². The normalized spacial score (nSPS) is 23.3. The molecule has 1 fully saturated rings. The highest BCUT2D eigenvalue weighted by Gasteiger charge is 2.33. The fourth-order valence-corrected chi connectivity index (χ4v) is 4.73. The third-order valence-electron chi connectivity index (χ3n) is 5.45. The van der Waals surface area contributed by atoms with Crippen LogP contribution in [0.1, 0.15) is 77.6 Å². The molecule has 0 spiro atoms. The van der Waals surface area contributed by atoms with Crippen LogP contribution >= 0.6 is 11.3 Å². The molecule has 1 aliphatic rings. The summed E-state index contributed by atoms with van der Waals surface area (Å²) in [5, 5.41) is 5.91. The van der Waals surface area contributed by atoms with E-state index in [4.69, 9.17) is 4.74 Å². The van der Waals surface area contributed by atoms with Gasteiger partial charge in [0.25, 0.3) is 0 Å². The molecule has 0 aliphatic carbocycles. The Balaban J connectivity index is 1.85. The molecule has 1 saturated heterocycles. The average molecular weight is 352 g/mol. The highest BCUT2D eigenvalue weighted by Crippen LogP contribution is 2.37. The Kier molecular flexibility index (Phi) is 7.77. The van der Waals surface area contributed by atoms with Crippen LogP contribution in [0.5, 0.6) is 0 Å². The molecular formula is C21H37NOS. The third-order valence-corrected chi connectivity index (χ3v) is 6.51. The first-order valence-electron chi connectivity index (χ1n) is 9.78. The van der Waals surface area contributed by atoms with Crippen LogP contribution in [0, 0.1) is 17.8 Å². The molecule has 0 bridgehead atoms. The minimum Gasteiger partial charge on any atom is -0.376 e. The predicted molar refractivity (Wildman–Crippen MR) is 106 cm³/mol. The van der Waals surface area contributed by atoms with Crippen molar-refractivity contribution < 1.29 is 4.74 Å². The number of thiophene rings is 1. The number of ether oxygens (including phenoxy) is 1. The Bertz CT molecular complexity index is 454. The van der Waals surface area contributed by atoms with Crippen molar-refractivity contribution in [1.82, 2.24) is 5.32 Å². The van der Waals surface area contributed by atoms with Crippen molar-refractivity contribution in [2.45, 2.75) is 78.4 Å². The lowest BCUT2D eigenvalue weighted by molar-refractivity contribution is -0.0840. The van der Waals surface area contributed by atoms with E-state index >= 15 is 0 Å². The zero-order chi connectivity index (χ0) is 17.6.